The predicted octanol–water partition coefficient (Wildman–Crippen LogP) is 1.48. The number of cyclic esters (lactones) is 2. The molecule has 76 valence electrons. The van der Waals surface area contributed by atoms with Gasteiger partial charge in [0.1, 0.15) is 0 Å². The Labute approximate surface area is 97.8 Å². The lowest BCUT2D eigenvalue weighted by Crippen LogP contribution is -2.37. The highest BCUT2D eigenvalue weighted by molar-refractivity contribution is 9.12. The first-order valence-corrected chi connectivity index (χ1v) is 6.48. The molecule has 0 aromatic carbocycles. The van der Waals surface area contributed by atoms with Gasteiger partial charge >= 0.3 is 11.9 Å². The van der Waals surface area contributed by atoms with E-state index in [2.05, 4.69) is 36.6 Å². The van der Waals surface area contributed by atoms with Gasteiger partial charge in [-0.2, -0.15) is 0 Å². The Morgan fingerprint density at radius 1 is 1.00 bits per heavy atom. The van der Waals surface area contributed by atoms with Gasteiger partial charge in [0.15, 0.2) is 0 Å². The van der Waals surface area contributed by atoms with Crippen LogP contribution in [0.1, 0.15) is 6.42 Å². The Morgan fingerprint density at radius 2 is 1.43 bits per heavy atom. The smallest absolute Gasteiger partial charge is 0.317 e. The van der Waals surface area contributed by atoms with E-state index < -0.39 is 0 Å². The van der Waals surface area contributed by atoms with E-state index in [4.69, 9.17) is 0 Å². The Hall–Kier alpha value is 0.1000. The van der Waals surface area contributed by atoms with E-state index in [1.54, 1.807) is 0 Å². The molecule has 6 atom stereocenters. The van der Waals surface area contributed by atoms with Crippen LogP contribution in [0, 0.1) is 23.7 Å². The number of carbonyl (C=O) groups is 2. The molecular formula is C9H8Br2O3. The molecule has 3 rings (SSSR count). The number of hydrogen-bond acceptors (Lipinski definition) is 3. The van der Waals surface area contributed by atoms with Crippen LogP contribution >= 0.6 is 31.9 Å². The maximum absolute atomic E-state index is 11.4. The maximum atomic E-state index is 11.4. The Bertz CT molecular complexity index is 300. The van der Waals surface area contributed by atoms with Gasteiger partial charge in [0.25, 0.3) is 0 Å². The van der Waals surface area contributed by atoms with Gasteiger partial charge in [-0.05, 0) is 18.3 Å². The molecule has 0 radical (unpaired) electrons. The highest BCUT2D eigenvalue weighted by Crippen LogP contribution is 2.59. The van der Waals surface area contributed by atoms with Crippen molar-refractivity contribution in [3.05, 3.63) is 0 Å². The molecule has 0 N–H and O–H groups in total. The summed E-state index contributed by atoms with van der Waals surface area (Å²) < 4.78 is 4.69. The van der Waals surface area contributed by atoms with E-state index >= 15 is 0 Å². The van der Waals surface area contributed by atoms with Crippen molar-refractivity contribution in [2.75, 3.05) is 0 Å². The maximum Gasteiger partial charge on any atom is 0.317 e. The van der Waals surface area contributed by atoms with Crippen molar-refractivity contribution in [1.29, 1.82) is 0 Å². The molecule has 1 aliphatic heterocycles. The number of rotatable bonds is 0. The van der Waals surface area contributed by atoms with E-state index in [9.17, 15) is 9.59 Å². The van der Waals surface area contributed by atoms with E-state index in [1.165, 1.54) is 0 Å². The van der Waals surface area contributed by atoms with Crippen LogP contribution in [0.5, 0.6) is 0 Å². The van der Waals surface area contributed by atoms with Crippen molar-refractivity contribution in [3.8, 4) is 0 Å². The van der Waals surface area contributed by atoms with Crippen molar-refractivity contribution in [3.63, 3.8) is 0 Å². The van der Waals surface area contributed by atoms with Crippen molar-refractivity contribution >= 4 is 43.8 Å². The Morgan fingerprint density at radius 3 is 1.86 bits per heavy atom. The lowest BCUT2D eigenvalue weighted by atomic mass is 9.81. The van der Waals surface area contributed by atoms with Crippen molar-refractivity contribution < 1.29 is 14.3 Å². The zero-order valence-electron chi connectivity index (χ0n) is 7.15. The molecule has 2 saturated carbocycles. The molecule has 3 nitrogen and oxygen atoms in total. The van der Waals surface area contributed by atoms with Gasteiger partial charge in [-0.1, -0.05) is 31.9 Å². The summed E-state index contributed by atoms with van der Waals surface area (Å²) in [5.74, 6) is -0.425. The third-order valence-electron chi connectivity index (χ3n) is 3.72. The summed E-state index contributed by atoms with van der Waals surface area (Å²) in [6, 6.07) is 0. The van der Waals surface area contributed by atoms with E-state index in [-0.39, 0.29) is 35.6 Å². The van der Waals surface area contributed by atoms with Crippen molar-refractivity contribution in [2.24, 2.45) is 23.7 Å². The second kappa shape index (κ2) is 2.82. The molecule has 5 heteroatoms. The van der Waals surface area contributed by atoms with Gasteiger partial charge in [-0.15, -0.1) is 0 Å². The van der Waals surface area contributed by atoms with E-state index in [0.29, 0.717) is 9.65 Å². The van der Waals surface area contributed by atoms with Crippen LogP contribution in [-0.2, 0) is 14.3 Å². The third kappa shape index (κ3) is 0.927. The molecule has 0 spiro atoms. The van der Waals surface area contributed by atoms with Gasteiger partial charge in [0.05, 0.1) is 11.8 Å². The lowest BCUT2D eigenvalue weighted by molar-refractivity contribution is -0.154. The summed E-state index contributed by atoms with van der Waals surface area (Å²) in [6.45, 7) is 0. The fourth-order valence-corrected chi connectivity index (χ4v) is 5.02. The molecule has 3 fully saturated rings. The van der Waals surface area contributed by atoms with Gasteiger partial charge in [-0.25, -0.2) is 0 Å². The molecule has 2 aliphatic carbocycles. The minimum Gasteiger partial charge on any atom is -0.393 e. The summed E-state index contributed by atoms with van der Waals surface area (Å²) in [5, 5.41) is 0. The van der Waals surface area contributed by atoms with Gasteiger partial charge in [0, 0.05) is 9.65 Å². The molecule has 14 heavy (non-hydrogen) atoms. The third-order valence-corrected chi connectivity index (χ3v) is 6.93. The first-order valence-electron chi connectivity index (χ1n) is 4.65. The largest absolute Gasteiger partial charge is 0.393 e. The summed E-state index contributed by atoms with van der Waals surface area (Å²) in [4.78, 5) is 23.5. The first kappa shape index (κ1) is 9.33. The number of carbonyl (C=O) groups excluding carboxylic acids is 2. The molecular weight excluding hydrogens is 316 g/mol. The summed E-state index contributed by atoms with van der Waals surface area (Å²) >= 11 is 7.16. The standard InChI is InChI=1S/C9H8Br2O3/c10-6-2-1-3(7(6)11)5-4(2)8(12)14-9(5)13/h2-7H,1H2/t2-,3-,4-,5-,6+,7+/m1/s1. The minimum atomic E-state index is -0.309. The van der Waals surface area contributed by atoms with Crippen LogP contribution in [0.25, 0.3) is 0 Å². The van der Waals surface area contributed by atoms with E-state index in [1.807, 2.05) is 0 Å². The molecule has 2 bridgehead atoms. The monoisotopic (exact) mass is 322 g/mol. The Balaban J connectivity index is 2.01. The fraction of sp³-hybridized carbons (Fsp3) is 0.778. The minimum absolute atomic E-state index is 0.175. The number of esters is 2. The molecule has 3 aliphatic rings. The summed E-state index contributed by atoms with van der Waals surface area (Å²) in [7, 11) is 0. The Kier molecular flexibility index (Phi) is 1.88. The van der Waals surface area contributed by atoms with E-state index in [0.717, 1.165) is 6.42 Å². The predicted molar refractivity (Wildman–Crippen MR) is 55.1 cm³/mol. The normalized spacial score (nSPS) is 55.0. The number of alkyl halides is 2. The topological polar surface area (TPSA) is 43.4 Å². The molecule has 1 saturated heterocycles. The summed E-state index contributed by atoms with van der Waals surface area (Å²) in [5.41, 5.74) is 0. The van der Waals surface area contributed by atoms with Gasteiger partial charge < -0.3 is 4.74 Å². The number of ether oxygens (including phenoxy) is 1. The van der Waals surface area contributed by atoms with Crippen molar-refractivity contribution in [1.82, 2.24) is 0 Å². The summed E-state index contributed by atoms with van der Waals surface area (Å²) in [6.07, 6.45) is 0.960. The highest BCUT2D eigenvalue weighted by atomic mass is 79.9. The number of halogens is 2. The lowest BCUT2D eigenvalue weighted by Gasteiger charge is -2.27. The average Bonchev–Trinajstić information content (AvgIpc) is 2.71. The molecule has 0 unspecified atom stereocenters. The van der Waals surface area contributed by atoms with Gasteiger partial charge in [-0.3, -0.25) is 9.59 Å². The van der Waals surface area contributed by atoms with Crippen LogP contribution in [0.2, 0.25) is 0 Å². The first-order chi connectivity index (χ1) is 6.61. The SMILES string of the molecule is O=C1OC(=O)[C@@H]2[C@H]3C[C@@H]([C@H](Br)[C@H]3Br)[C@@H]12. The van der Waals surface area contributed by atoms with Crippen LogP contribution in [0.3, 0.4) is 0 Å². The van der Waals surface area contributed by atoms with Gasteiger partial charge in [0.2, 0.25) is 0 Å². The van der Waals surface area contributed by atoms with Crippen LogP contribution in [0.4, 0.5) is 0 Å². The second-order valence-corrected chi connectivity index (χ2v) is 6.36. The fourth-order valence-electron chi connectivity index (χ4n) is 3.15. The van der Waals surface area contributed by atoms with Crippen molar-refractivity contribution in [2.45, 2.75) is 16.1 Å². The average molecular weight is 324 g/mol. The number of hydrogen-bond donors (Lipinski definition) is 0. The molecule has 0 aromatic heterocycles. The zero-order valence-corrected chi connectivity index (χ0v) is 10.3. The second-order valence-electron chi connectivity index (χ2n) is 4.24. The molecule has 0 aromatic rings. The van der Waals surface area contributed by atoms with Crippen LogP contribution < -0.4 is 0 Å². The molecule has 0 amide bonds. The van der Waals surface area contributed by atoms with Crippen LogP contribution in [-0.4, -0.2) is 21.6 Å². The van der Waals surface area contributed by atoms with Crippen LogP contribution in [0.15, 0.2) is 0 Å². The quantitative estimate of drug-likeness (QED) is 0.385. The number of fused-ring (bicyclic) bond motifs is 5. The molecule has 1 heterocycles. The zero-order chi connectivity index (χ0) is 10.0. The highest BCUT2D eigenvalue weighted by Gasteiger charge is 2.65.